The lowest BCUT2D eigenvalue weighted by Gasteiger charge is -2.41. The summed E-state index contributed by atoms with van der Waals surface area (Å²) in [6.45, 7) is 0.499. The number of aliphatic carboxylic acids is 1. The van der Waals surface area contributed by atoms with Gasteiger partial charge in [-0.05, 0) is 41.8 Å². The van der Waals surface area contributed by atoms with Gasteiger partial charge >= 0.3 is 5.97 Å². The van der Waals surface area contributed by atoms with E-state index in [1.54, 1.807) is 35.2 Å². The van der Waals surface area contributed by atoms with Crippen LogP contribution in [0.4, 0.5) is 0 Å². The maximum Gasteiger partial charge on any atom is 0.313 e. The minimum Gasteiger partial charge on any atom is -0.493 e. The molecule has 0 unspecified atom stereocenters. The van der Waals surface area contributed by atoms with E-state index in [0.717, 1.165) is 0 Å². The molecular weight excluding hydrogens is 470 g/mol. The number of halogens is 1. The van der Waals surface area contributed by atoms with E-state index >= 15 is 0 Å². The van der Waals surface area contributed by atoms with E-state index in [4.69, 9.17) is 18.9 Å². The van der Waals surface area contributed by atoms with Gasteiger partial charge in [0.2, 0.25) is 6.79 Å². The molecule has 2 heterocycles. The number of carbonyl (C=O) groups excluding carboxylic acids is 1. The summed E-state index contributed by atoms with van der Waals surface area (Å²) in [5.41, 5.74) is 1.37. The fraction of sp³-hybridized carbons (Fsp3) is 0.364. The van der Waals surface area contributed by atoms with Crippen molar-refractivity contribution in [1.82, 2.24) is 4.90 Å². The van der Waals surface area contributed by atoms with Crippen LogP contribution in [0.5, 0.6) is 23.0 Å². The summed E-state index contributed by atoms with van der Waals surface area (Å²) in [5, 5.41) is 10.9. The van der Waals surface area contributed by atoms with Crippen LogP contribution in [0.1, 0.15) is 39.9 Å². The van der Waals surface area contributed by atoms with Crippen molar-refractivity contribution < 1.29 is 33.6 Å². The van der Waals surface area contributed by atoms with E-state index < -0.39 is 17.9 Å². The molecule has 0 aliphatic carbocycles. The standard InChI is InChI=1S/C22H22BrNO7/c1-28-16-9-13-14(10-17(16)29-2)21(25)24(7-3-6-23)20(19(13)22(26)27)12-4-5-15-18(8-12)31-11-30-15/h4-5,8-10,19-20H,3,6-7,11H2,1-2H3,(H,26,27)/t19-,20-/m1/s1. The van der Waals surface area contributed by atoms with Crippen molar-refractivity contribution in [1.29, 1.82) is 0 Å². The molecule has 0 saturated heterocycles. The van der Waals surface area contributed by atoms with E-state index in [2.05, 4.69) is 15.9 Å². The van der Waals surface area contributed by atoms with Crippen molar-refractivity contribution in [3.63, 3.8) is 0 Å². The fourth-order valence-electron chi connectivity index (χ4n) is 4.18. The largest absolute Gasteiger partial charge is 0.493 e. The van der Waals surface area contributed by atoms with Gasteiger partial charge in [0.1, 0.15) is 5.92 Å². The lowest BCUT2D eigenvalue weighted by atomic mass is 9.79. The zero-order chi connectivity index (χ0) is 22.1. The minimum atomic E-state index is -1.03. The molecule has 0 fully saturated rings. The lowest BCUT2D eigenvalue weighted by Crippen LogP contribution is -2.45. The Hall–Kier alpha value is -2.94. The summed E-state index contributed by atoms with van der Waals surface area (Å²) < 4.78 is 21.6. The molecule has 0 bridgehead atoms. The van der Waals surface area contributed by atoms with Crippen LogP contribution >= 0.6 is 15.9 Å². The van der Waals surface area contributed by atoms with Crippen LogP contribution in [-0.4, -0.2) is 54.8 Å². The number of benzene rings is 2. The third kappa shape index (κ3) is 3.67. The Kier molecular flexibility index (Phi) is 5.95. The van der Waals surface area contributed by atoms with Crippen molar-refractivity contribution in [3.05, 3.63) is 47.0 Å². The molecule has 2 aliphatic rings. The molecule has 2 aromatic rings. The smallest absolute Gasteiger partial charge is 0.313 e. The highest BCUT2D eigenvalue weighted by Crippen LogP contribution is 2.47. The van der Waals surface area contributed by atoms with E-state index in [1.165, 1.54) is 14.2 Å². The summed E-state index contributed by atoms with van der Waals surface area (Å²) in [6, 6.07) is 7.71. The van der Waals surface area contributed by atoms with Gasteiger partial charge in [0.05, 0.1) is 20.3 Å². The summed E-state index contributed by atoms with van der Waals surface area (Å²) in [6.07, 6.45) is 0.668. The first kappa shape index (κ1) is 21.3. The molecule has 0 radical (unpaired) electrons. The van der Waals surface area contributed by atoms with Crippen LogP contribution < -0.4 is 18.9 Å². The highest BCUT2D eigenvalue weighted by molar-refractivity contribution is 9.09. The SMILES string of the molecule is COc1cc2c(cc1OC)[C@@H](C(=O)O)[C@@H](c1ccc3c(c1)OCO3)N(CCCBr)C2=O. The Labute approximate surface area is 187 Å². The third-order valence-corrected chi connectivity index (χ3v) is 6.13. The van der Waals surface area contributed by atoms with Gasteiger partial charge in [-0.15, -0.1) is 0 Å². The lowest BCUT2D eigenvalue weighted by molar-refractivity contribution is -0.140. The molecule has 2 aliphatic heterocycles. The third-order valence-electron chi connectivity index (χ3n) is 5.57. The first-order valence-corrected chi connectivity index (χ1v) is 10.9. The van der Waals surface area contributed by atoms with Crippen molar-refractivity contribution >= 4 is 27.8 Å². The van der Waals surface area contributed by atoms with Gasteiger partial charge in [0, 0.05) is 17.4 Å². The summed E-state index contributed by atoms with van der Waals surface area (Å²) in [5.74, 6) is -0.406. The molecule has 2 atom stereocenters. The summed E-state index contributed by atoms with van der Waals surface area (Å²) in [7, 11) is 2.95. The van der Waals surface area contributed by atoms with Gasteiger partial charge in [0.25, 0.3) is 5.91 Å². The molecule has 2 aromatic carbocycles. The molecule has 1 amide bonds. The first-order valence-electron chi connectivity index (χ1n) is 9.75. The number of hydrogen-bond donors (Lipinski definition) is 1. The Morgan fingerprint density at radius 2 is 1.87 bits per heavy atom. The quantitative estimate of drug-likeness (QED) is 0.591. The molecule has 4 rings (SSSR count). The van der Waals surface area contributed by atoms with Crippen LogP contribution in [0, 0.1) is 0 Å². The number of carbonyl (C=O) groups is 2. The van der Waals surface area contributed by atoms with Gasteiger partial charge in [-0.25, -0.2) is 0 Å². The molecule has 0 saturated carbocycles. The molecule has 31 heavy (non-hydrogen) atoms. The number of methoxy groups -OCH3 is 2. The van der Waals surface area contributed by atoms with Crippen molar-refractivity contribution in [2.75, 3.05) is 32.9 Å². The number of amides is 1. The van der Waals surface area contributed by atoms with Crippen molar-refractivity contribution in [2.45, 2.75) is 18.4 Å². The van der Waals surface area contributed by atoms with E-state index in [9.17, 15) is 14.7 Å². The number of nitrogens with zero attached hydrogens (tertiary/aromatic N) is 1. The van der Waals surface area contributed by atoms with E-state index in [-0.39, 0.29) is 12.7 Å². The zero-order valence-electron chi connectivity index (χ0n) is 17.1. The Balaban J connectivity index is 1.91. The highest BCUT2D eigenvalue weighted by atomic mass is 79.9. The molecule has 0 aromatic heterocycles. The topological polar surface area (TPSA) is 94.5 Å². The van der Waals surface area contributed by atoms with Gasteiger partial charge < -0.3 is 29.0 Å². The number of carboxylic acid groups (broad SMARTS) is 1. The second-order valence-corrected chi connectivity index (χ2v) is 8.00. The Morgan fingerprint density at radius 3 is 2.55 bits per heavy atom. The van der Waals surface area contributed by atoms with Gasteiger partial charge in [-0.3, -0.25) is 9.59 Å². The maximum atomic E-state index is 13.5. The maximum absolute atomic E-state index is 13.5. The number of ether oxygens (including phenoxy) is 4. The van der Waals surface area contributed by atoms with Crippen LogP contribution in [0.2, 0.25) is 0 Å². The number of carboxylic acids is 1. The fourth-order valence-corrected chi connectivity index (χ4v) is 4.43. The van der Waals surface area contributed by atoms with Gasteiger partial charge in [-0.1, -0.05) is 22.0 Å². The number of hydrogen-bond acceptors (Lipinski definition) is 6. The molecule has 164 valence electrons. The average Bonchev–Trinajstić information content (AvgIpc) is 3.25. The van der Waals surface area contributed by atoms with E-state index in [1.807, 2.05) is 0 Å². The van der Waals surface area contributed by atoms with Crippen LogP contribution in [-0.2, 0) is 4.79 Å². The van der Waals surface area contributed by atoms with Crippen LogP contribution in [0.25, 0.3) is 0 Å². The minimum absolute atomic E-state index is 0.109. The second kappa shape index (κ2) is 8.66. The summed E-state index contributed by atoms with van der Waals surface area (Å²) >= 11 is 3.40. The molecule has 9 heteroatoms. The first-order chi connectivity index (χ1) is 15.0. The molecule has 8 nitrogen and oxygen atoms in total. The predicted octanol–water partition coefficient (Wildman–Crippen LogP) is 3.58. The van der Waals surface area contributed by atoms with Gasteiger partial charge in [-0.2, -0.15) is 0 Å². The average molecular weight is 492 g/mol. The normalized spacial score (nSPS) is 19.2. The highest BCUT2D eigenvalue weighted by Gasteiger charge is 2.45. The Morgan fingerprint density at radius 1 is 1.16 bits per heavy atom. The predicted molar refractivity (Wildman–Crippen MR) is 115 cm³/mol. The Bertz CT molecular complexity index is 1030. The van der Waals surface area contributed by atoms with E-state index in [0.29, 0.717) is 58.0 Å². The number of rotatable bonds is 7. The second-order valence-electron chi connectivity index (χ2n) is 7.21. The zero-order valence-corrected chi connectivity index (χ0v) is 18.7. The monoisotopic (exact) mass is 491 g/mol. The van der Waals surface area contributed by atoms with Crippen LogP contribution in [0.15, 0.2) is 30.3 Å². The number of alkyl halides is 1. The van der Waals surface area contributed by atoms with Crippen LogP contribution in [0.3, 0.4) is 0 Å². The molecule has 1 N–H and O–H groups in total. The van der Waals surface area contributed by atoms with Crippen molar-refractivity contribution in [2.24, 2.45) is 0 Å². The van der Waals surface area contributed by atoms with Gasteiger partial charge in [0.15, 0.2) is 23.0 Å². The molecule has 0 spiro atoms. The summed E-state index contributed by atoms with van der Waals surface area (Å²) in [4.78, 5) is 27.7. The molecular formula is C22H22BrNO7. The van der Waals surface area contributed by atoms with Crippen molar-refractivity contribution in [3.8, 4) is 23.0 Å². The number of fused-ring (bicyclic) bond motifs is 2.